The maximum atomic E-state index is 4.21. The van der Waals surface area contributed by atoms with Crippen LogP contribution >= 0.6 is 0 Å². The van der Waals surface area contributed by atoms with Crippen molar-refractivity contribution in [3.63, 3.8) is 0 Å². The number of benzene rings is 1. The highest BCUT2D eigenvalue weighted by molar-refractivity contribution is 5.64. The van der Waals surface area contributed by atoms with Gasteiger partial charge in [0.2, 0.25) is 0 Å². The second-order valence-corrected chi connectivity index (χ2v) is 6.36. The standard InChI is InChI=1S/C17H21N/c1-11(12-5-3-2-4-6-12)10-18-17-15-13-7-8-14(9-13)16(15)17/h2-6,13-18H,1,7-10H2. The van der Waals surface area contributed by atoms with E-state index in [4.69, 9.17) is 0 Å². The molecule has 1 nitrogen and oxygen atoms in total. The fourth-order valence-electron chi connectivity index (χ4n) is 4.62. The van der Waals surface area contributed by atoms with Crippen LogP contribution in [0.5, 0.6) is 0 Å². The summed E-state index contributed by atoms with van der Waals surface area (Å²) in [6, 6.07) is 11.4. The largest absolute Gasteiger partial charge is 0.309 e. The molecule has 0 aliphatic heterocycles. The first-order chi connectivity index (χ1) is 8.84. The third kappa shape index (κ3) is 1.57. The summed E-state index contributed by atoms with van der Waals surface area (Å²) < 4.78 is 0. The Morgan fingerprint density at radius 1 is 1.11 bits per heavy atom. The van der Waals surface area contributed by atoms with Crippen molar-refractivity contribution in [2.45, 2.75) is 25.3 Å². The molecule has 0 radical (unpaired) electrons. The first-order valence-corrected chi connectivity index (χ1v) is 7.31. The smallest absolute Gasteiger partial charge is 0.0208 e. The molecule has 0 spiro atoms. The zero-order chi connectivity index (χ0) is 12.1. The van der Waals surface area contributed by atoms with Crippen molar-refractivity contribution in [1.29, 1.82) is 0 Å². The van der Waals surface area contributed by atoms with Crippen molar-refractivity contribution in [1.82, 2.24) is 5.32 Å². The van der Waals surface area contributed by atoms with E-state index in [9.17, 15) is 0 Å². The van der Waals surface area contributed by atoms with E-state index in [-0.39, 0.29) is 0 Å². The van der Waals surface area contributed by atoms with E-state index in [1.807, 2.05) is 0 Å². The van der Waals surface area contributed by atoms with Gasteiger partial charge in [-0.1, -0.05) is 36.9 Å². The predicted octanol–water partition coefficient (Wildman–Crippen LogP) is 3.33. The summed E-state index contributed by atoms with van der Waals surface area (Å²) in [6.45, 7) is 5.17. The summed E-state index contributed by atoms with van der Waals surface area (Å²) in [5.74, 6) is 4.16. The first kappa shape index (κ1) is 10.8. The molecule has 4 unspecified atom stereocenters. The highest BCUT2D eigenvalue weighted by atomic mass is 15.0. The predicted molar refractivity (Wildman–Crippen MR) is 75.1 cm³/mol. The van der Waals surface area contributed by atoms with E-state index in [1.54, 1.807) is 0 Å². The van der Waals surface area contributed by atoms with E-state index >= 15 is 0 Å². The van der Waals surface area contributed by atoms with Gasteiger partial charge in [0.05, 0.1) is 0 Å². The van der Waals surface area contributed by atoms with Gasteiger partial charge in [-0.05, 0) is 54.1 Å². The van der Waals surface area contributed by atoms with Crippen LogP contribution in [-0.4, -0.2) is 12.6 Å². The lowest BCUT2D eigenvalue weighted by molar-refractivity contribution is 0.456. The topological polar surface area (TPSA) is 12.0 Å². The van der Waals surface area contributed by atoms with Crippen molar-refractivity contribution in [2.75, 3.05) is 6.54 Å². The third-order valence-corrected chi connectivity index (χ3v) is 5.47. The molecule has 0 amide bonds. The minimum absolute atomic E-state index is 0.816. The zero-order valence-corrected chi connectivity index (χ0v) is 10.8. The molecule has 3 fully saturated rings. The van der Waals surface area contributed by atoms with Crippen LogP contribution in [0.15, 0.2) is 36.9 Å². The lowest BCUT2D eigenvalue weighted by atomic mass is 10.0. The molecule has 3 saturated carbocycles. The van der Waals surface area contributed by atoms with E-state index < -0.39 is 0 Å². The summed E-state index contributed by atoms with van der Waals surface area (Å²) in [5, 5.41) is 3.76. The van der Waals surface area contributed by atoms with Gasteiger partial charge >= 0.3 is 0 Å². The summed E-state index contributed by atoms with van der Waals surface area (Å²) in [4.78, 5) is 0. The summed E-state index contributed by atoms with van der Waals surface area (Å²) >= 11 is 0. The molecule has 1 N–H and O–H groups in total. The van der Waals surface area contributed by atoms with Gasteiger partial charge in [-0.3, -0.25) is 0 Å². The Bertz CT molecular complexity index is 448. The monoisotopic (exact) mass is 239 g/mol. The molecular formula is C17H21N. The van der Waals surface area contributed by atoms with Crippen LogP contribution < -0.4 is 5.32 Å². The second-order valence-electron chi connectivity index (χ2n) is 6.36. The van der Waals surface area contributed by atoms with Gasteiger partial charge in [-0.2, -0.15) is 0 Å². The van der Waals surface area contributed by atoms with Crippen molar-refractivity contribution < 1.29 is 0 Å². The van der Waals surface area contributed by atoms with Gasteiger partial charge in [-0.25, -0.2) is 0 Å². The highest BCUT2D eigenvalue weighted by Crippen LogP contribution is 2.65. The van der Waals surface area contributed by atoms with Crippen LogP contribution in [0.1, 0.15) is 24.8 Å². The number of hydrogen-bond acceptors (Lipinski definition) is 1. The molecule has 2 bridgehead atoms. The fraction of sp³-hybridized carbons (Fsp3) is 0.529. The van der Waals surface area contributed by atoms with Crippen LogP contribution in [0.3, 0.4) is 0 Å². The van der Waals surface area contributed by atoms with Gasteiger partial charge in [0.15, 0.2) is 0 Å². The molecule has 3 aliphatic rings. The quantitative estimate of drug-likeness (QED) is 0.849. The molecular weight excluding hydrogens is 218 g/mol. The van der Waals surface area contributed by atoms with E-state index in [2.05, 4.69) is 42.2 Å². The zero-order valence-electron chi connectivity index (χ0n) is 10.8. The summed E-state index contributed by atoms with van der Waals surface area (Å²) in [6.07, 6.45) is 4.54. The maximum Gasteiger partial charge on any atom is 0.0208 e. The molecule has 0 saturated heterocycles. The van der Waals surface area contributed by atoms with Gasteiger partial charge < -0.3 is 5.32 Å². The van der Waals surface area contributed by atoms with Crippen molar-refractivity contribution in [3.05, 3.63) is 42.5 Å². The molecule has 1 aromatic carbocycles. The number of rotatable bonds is 4. The normalized spacial score (nSPS) is 39.7. The van der Waals surface area contributed by atoms with Crippen LogP contribution in [0.4, 0.5) is 0 Å². The van der Waals surface area contributed by atoms with Crippen LogP contribution in [-0.2, 0) is 0 Å². The van der Waals surface area contributed by atoms with Gasteiger partial charge in [0.1, 0.15) is 0 Å². The number of hydrogen-bond donors (Lipinski definition) is 1. The third-order valence-electron chi connectivity index (χ3n) is 5.47. The number of fused-ring (bicyclic) bond motifs is 5. The summed E-state index contributed by atoms with van der Waals surface area (Å²) in [5.41, 5.74) is 2.51. The van der Waals surface area contributed by atoms with Crippen molar-refractivity contribution in [3.8, 4) is 0 Å². The lowest BCUT2D eigenvalue weighted by Gasteiger charge is -2.12. The molecule has 3 aliphatic carbocycles. The van der Waals surface area contributed by atoms with E-state index in [0.717, 1.165) is 36.3 Å². The molecule has 94 valence electrons. The Kier molecular flexibility index (Phi) is 2.38. The van der Waals surface area contributed by atoms with Gasteiger partial charge in [0, 0.05) is 12.6 Å². The molecule has 18 heavy (non-hydrogen) atoms. The lowest BCUT2D eigenvalue weighted by Crippen LogP contribution is -2.24. The molecule has 4 atom stereocenters. The van der Waals surface area contributed by atoms with Gasteiger partial charge in [-0.15, -0.1) is 0 Å². The molecule has 0 aromatic heterocycles. The molecule has 4 rings (SSSR count). The van der Waals surface area contributed by atoms with Gasteiger partial charge in [0.25, 0.3) is 0 Å². The Labute approximate surface area is 109 Å². The Morgan fingerprint density at radius 2 is 1.78 bits per heavy atom. The highest BCUT2D eigenvalue weighted by Gasteiger charge is 2.64. The SMILES string of the molecule is C=C(CNC1C2C3CCC(C3)C12)c1ccccc1. The Morgan fingerprint density at radius 3 is 2.44 bits per heavy atom. The summed E-state index contributed by atoms with van der Waals surface area (Å²) in [7, 11) is 0. The van der Waals surface area contributed by atoms with Crippen LogP contribution in [0.2, 0.25) is 0 Å². The van der Waals surface area contributed by atoms with Crippen molar-refractivity contribution >= 4 is 5.57 Å². The van der Waals surface area contributed by atoms with E-state index in [0.29, 0.717) is 0 Å². The Balaban J connectivity index is 1.34. The minimum atomic E-state index is 0.816. The average Bonchev–Trinajstić information content (AvgIpc) is 2.81. The Hall–Kier alpha value is -1.08. The van der Waals surface area contributed by atoms with E-state index in [1.165, 1.54) is 30.4 Å². The molecule has 0 heterocycles. The van der Waals surface area contributed by atoms with Crippen LogP contribution in [0.25, 0.3) is 5.57 Å². The first-order valence-electron chi connectivity index (χ1n) is 7.31. The van der Waals surface area contributed by atoms with Crippen molar-refractivity contribution in [2.24, 2.45) is 23.7 Å². The minimum Gasteiger partial charge on any atom is -0.309 e. The average molecular weight is 239 g/mol. The second kappa shape index (κ2) is 3.96. The van der Waals surface area contributed by atoms with Crippen LogP contribution in [0, 0.1) is 23.7 Å². The fourth-order valence-corrected chi connectivity index (χ4v) is 4.62. The molecule has 1 aromatic rings. The maximum absolute atomic E-state index is 4.21. The number of nitrogens with one attached hydrogen (secondary N) is 1. The molecule has 1 heteroatoms.